The summed E-state index contributed by atoms with van der Waals surface area (Å²) in [5.74, 6) is 6.26. The summed E-state index contributed by atoms with van der Waals surface area (Å²) in [6.45, 7) is 1.70. The SMILES string of the molecule is CNC(=O)Nc1ccc(/C(N)=C(\NC(=O)OC(C)c2ccccc2Cl)N(C)N)cn1. The van der Waals surface area contributed by atoms with E-state index in [4.69, 9.17) is 27.9 Å². The van der Waals surface area contributed by atoms with E-state index < -0.39 is 18.2 Å². The van der Waals surface area contributed by atoms with Crippen molar-refractivity contribution in [3.8, 4) is 0 Å². The van der Waals surface area contributed by atoms with E-state index in [9.17, 15) is 9.59 Å². The molecule has 3 amide bonds. The first-order chi connectivity index (χ1) is 14.2. The number of pyridine rings is 1. The molecule has 1 aromatic heterocycles. The summed E-state index contributed by atoms with van der Waals surface area (Å²) in [4.78, 5) is 27.8. The first-order valence-corrected chi connectivity index (χ1v) is 9.26. The van der Waals surface area contributed by atoms with Crippen LogP contribution in [0.1, 0.15) is 24.2 Å². The second-order valence-corrected chi connectivity index (χ2v) is 6.61. The average molecular weight is 434 g/mol. The monoisotopic (exact) mass is 433 g/mol. The normalized spacial score (nSPS) is 12.3. The number of urea groups is 1. The van der Waals surface area contributed by atoms with Crippen LogP contribution < -0.4 is 27.5 Å². The molecule has 2 aromatic rings. The van der Waals surface area contributed by atoms with Crippen molar-refractivity contribution in [1.29, 1.82) is 0 Å². The molecule has 30 heavy (non-hydrogen) atoms. The number of amides is 3. The van der Waals surface area contributed by atoms with Crippen molar-refractivity contribution in [3.63, 3.8) is 0 Å². The molecule has 0 saturated heterocycles. The van der Waals surface area contributed by atoms with E-state index in [0.29, 0.717) is 22.0 Å². The first kappa shape index (κ1) is 22.8. The van der Waals surface area contributed by atoms with E-state index in [1.165, 1.54) is 20.3 Å². The first-order valence-electron chi connectivity index (χ1n) is 8.88. The summed E-state index contributed by atoms with van der Waals surface area (Å²) in [5, 5.41) is 9.12. The molecule has 1 unspecified atom stereocenters. The molecular formula is C19H24ClN7O3. The quantitative estimate of drug-likeness (QED) is 0.347. The molecule has 7 N–H and O–H groups in total. The van der Waals surface area contributed by atoms with Crippen LogP contribution in [0, 0.1) is 0 Å². The van der Waals surface area contributed by atoms with Crippen LogP contribution in [-0.2, 0) is 4.74 Å². The van der Waals surface area contributed by atoms with Gasteiger partial charge in [-0.1, -0.05) is 29.8 Å². The molecule has 1 atom stereocenters. The fourth-order valence-corrected chi connectivity index (χ4v) is 2.73. The van der Waals surface area contributed by atoms with E-state index in [1.807, 2.05) is 0 Å². The molecule has 0 radical (unpaired) electrons. The van der Waals surface area contributed by atoms with Crippen molar-refractivity contribution in [2.75, 3.05) is 19.4 Å². The second-order valence-electron chi connectivity index (χ2n) is 6.20. The van der Waals surface area contributed by atoms with Crippen molar-refractivity contribution >= 4 is 35.2 Å². The van der Waals surface area contributed by atoms with E-state index in [2.05, 4.69) is 20.9 Å². The van der Waals surface area contributed by atoms with E-state index in [-0.39, 0.29) is 11.5 Å². The van der Waals surface area contributed by atoms with Gasteiger partial charge in [-0.3, -0.25) is 15.6 Å². The van der Waals surface area contributed by atoms with Crippen LogP contribution in [0.3, 0.4) is 0 Å². The summed E-state index contributed by atoms with van der Waals surface area (Å²) in [6, 6.07) is 9.83. The Kier molecular flexibility index (Phi) is 7.84. The Balaban J connectivity index is 2.15. The van der Waals surface area contributed by atoms with E-state index >= 15 is 0 Å². The Morgan fingerprint density at radius 2 is 1.93 bits per heavy atom. The highest BCUT2D eigenvalue weighted by atomic mass is 35.5. The lowest BCUT2D eigenvalue weighted by atomic mass is 10.1. The summed E-state index contributed by atoms with van der Waals surface area (Å²) >= 11 is 6.14. The number of hydrazine groups is 1. The van der Waals surface area contributed by atoms with Crippen LogP contribution in [0.5, 0.6) is 0 Å². The molecule has 0 saturated carbocycles. The minimum atomic E-state index is -0.761. The number of aromatic nitrogens is 1. The van der Waals surface area contributed by atoms with Gasteiger partial charge < -0.3 is 15.8 Å². The van der Waals surface area contributed by atoms with Crippen LogP contribution in [0.2, 0.25) is 5.02 Å². The van der Waals surface area contributed by atoms with Gasteiger partial charge in [0.25, 0.3) is 0 Å². The highest BCUT2D eigenvalue weighted by Crippen LogP contribution is 2.25. The molecule has 0 aliphatic heterocycles. The maximum absolute atomic E-state index is 12.4. The van der Waals surface area contributed by atoms with Gasteiger partial charge in [0.15, 0.2) is 0 Å². The van der Waals surface area contributed by atoms with Gasteiger partial charge in [0.2, 0.25) is 0 Å². The van der Waals surface area contributed by atoms with Crippen molar-refractivity contribution in [3.05, 3.63) is 64.6 Å². The number of nitrogens with zero attached hydrogens (tertiary/aromatic N) is 2. The lowest BCUT2D eigenvalue weighted by molar-refractivity contribution is 0.107. The minimum absolute atomic E-state index is 0.111. The molecule has 2 rings (SSSR count). The van der Waals surface area contributed by atoms with Gasteiger partial charge >= 0.3 is 12.1 Å². The molecule has 1 heterocycles. The van der Waals surface area contributed by atoms with Gasteiger partial charge in [-0.15, -0.1) is 0 Å². The largest absolute Gasteiger partial charge is 0.441 e. The summed E-state index contributed by atoms with van der Waals surface area (Å²) in [6.07, 6.45) is 0.0771. The van der Waals surface area contributed by atoms with Gasteiger partial charge in [0.05, 0.1) is 5.70 Å². The number of halogens is 1. The van der Waals surface area contributed by atoms with Crippen molar-refractivity contribution in [1.82, 2.24) is 20.6 Å². The van der Waals surface area contributed by atoms with Crippen molar-refractivity contribution in [2.24, 2.45) is 11.6 Å². The molecular weight excluding hydrogens is 410 g/mol. The van der Waals surface area contributed by atoms with Crippen LogP contribution >= 0.6 is 11.6 Å². The smallest absolute Gasteiger partial charge is 0.413 e. The lowest BCUT2D eigenvalue weighted by Crippen LogP contribution is -2.39. The Morgan fingerprint density at radius 3 is 2.50 bits per heavy atom. The standard InChI is InChI=1S/C19H24ClN7O3/c1-11(13-6-4-5-7-14(13)20)30-19(29)26-17(27(3)22)16(21)12-8-9-15(24-10-12)25-18(28)23-2/h4-11H,21-22H2,1-3H3,(H,26,29)(H2,23,24,25,28)/b17-16-. The molecule has 0 spiro atoms. The number of carbonyl (C=O) groups is 2. The summed E-state index contributed by atoms with van der Waals surface area (Å²) in [5.41, 5.74) is 7.45. The number of hydrogen-bond acceptors (Lipinski definition) is 7. The molecule has 0 bridgehead atoms. The summed E-state index contributed by atoms with van der Waals surface area (Å²) in [7, 11) is 3.00. The van der Waals surface area contributed by atoms with Crippen molar-refractivity contribution < 1.29 is 14.3 Å². The number of benzene rings is 1. The van der Waals surface area contributed by atoms with Gasteiger partial charge in [0.1, 0.15) is 17.7 Å². The van der Waals surface area contributed by atoms with Crippen LogP contribution in [0.4, 0.5) is 15.4 Å². The number of anilines is 1. The molecule has 0 aliphatic rings. The maximum Gasteiger partial charge on any atom is 0.413 e. The molecule has 11 heteroatoms. The van der Waals surface area contributed by atoms with Gasteiger partial charge in [-0.2, -0.15) is 0 Å². The third-order valence-electron chi connectivity index (χ3n) is 4.00. The predicted molar refractivity (Wildman–Crippen MR) is 115 cm³/mol. The Hall–Kier alpha value is -3.50. The lowest BCUT2D eigenvalue weighted by Gasteiger charge is -2.22. The van der Waals surface area contributed by atoms with Gasteiger partial charge in [-0.25, -0.2) is 20.4 Å². The zero-order valence-corrected chi connectivity index (χ0v) is 17.5. The minimum Gasteiger partial charge on any atom is -0.441 e. The second kappa shape index (κ2) is 10.3. The fraction of sp³-hybridized carbons (Fsp3) is 0.211. The van der Waals surface area contributed by atoms with Crippen LogP contribution in [-0.4, -0.2) is 36.2 Å². The number of ether oxygens (including phenoxy) is 1. The van der Waals surface area contributed by atoms with Gasteiger partial charge in [0, 0.05) is 36.4 Å². The predicted octanol–water partition coefficient (Wildman–Crippen LogP) is 2.36. The fourth-order valence-electron chi connectivity index (χ4n) is 2.44. The van der Waals surface area contributed by atoms with Crippen molar-refractivity contribution in [2.45, 2.75) is 13.0 Å². The highest BCUT2D eigenvalue weighted by Gasteiger charge is 2.18. The Labute approximate surface area is 179 Å². The van der Waals surface area contributed by atoms with Gasteiger partial charge in [-0.05, 0) is 25.1 Å². The van der Waals surface area contributed by atoms with E-state index in [0.717, 1.165) is 5.01 Å². The number of rotatable bonds is 6. The van der Waals surface area contributed by atoms with Crippen LogP contribution in [0.15, 0.2) is 48.4 Å². The Morgan fingerprint density at radius 1 is 1.23 bits per heavy atom. The molecule has 0 aliphatic carbocycles. The molecule has 160 valence electrons. The Bertz CT molecular complexity index is 932. The highest BCUT2D eigenvalue weighted by molar-refractivity contribution is 6.31. The third kappa shape index (κ3) is 6.00. The molecule has 10 nitrogen and oxygen atoms in total. The number of nitrogens with two attached hydrogens (primary N) is 2. The number of nitrogens with one attached hydrogen (secondary N) is 3. The topological polar surface area (TPSA) is 148 Å². The zero-order chi connectivity index (χ0) is 22.3. The zero-order valence-electron chi connectivity index (χ0n) is 16.8. The number of carbonyl (C=O) groups excluding carboxylic acids is 2. The third-order valence-corrected chi connectivity index (χ3v) is 4.34. The number of alkyl carbamates (subject to hydrolysis) is 1. The number of hydrogen-bond donors (Lipinski definition) is 5. The maximum atomic E-state index is 12.4. The van der Waals surface area contributed by atoms with E-state index in [1.54, 1.807) is 43.3 Å². The molecule has 0 fully saturated rings. The summed E-state index contributed by atoms with van der Waals surface area (Å²) < 4.78 is 5.38. The molecule has 1 aromatic carbocycles. The van der Waals surface area contributed by atoms with Crippen LogP contribution in [0.25, 0.3) is 5.70 Å². The average Bonchev–Trinajstić information content (AvgIpc) is 2.72.